The predicted octanol–water partition coefficient (Wildman–Crippen LogP) is 2.84. The standard InChI is InChI=1S/C16H17FN6O/c1-4-24-15-12-14(20-16(21-15)18-9(2)3)23-22-13(19-12)10-5-7-11(17)8-6-10/h5-9H,4H2,1-3H3,(H,18,20,21,23). The van der Waals surface area contributed by atoms with E-state index in [1.807, 2.05) is 20.8 Å². The van der Waals surface area contributed by atoms with Crippen molar-refractivity contribution in [2.24, 2.45) is 0 Å². The fraction of sp³-hybridized carbons (Fsp3) is 0.312. The number of benzene rings is 1. The van der Waals surface area contributed by atoms with E-state index in [1.165, 1.54) is 12.1 Å². The lowest BCUT2D eigenvalue weighted by atomic mass is 10.2. The third-order valence-corrected chi connectivity index (χ3v) is 3.09. The SMILES string of the molecule is CCOc1nc(NC(C)C)nc2nnc(-c3ccc(F)cc3)nc12. The first-order valence-corrected chi connectivity index (χ1v) is 7.64. The molecule has 0 fully saturated rings. The highest BCUT2D eigenvalue weighted by atomic mass is 19.1. The summed E-state index contributed by atoms with van der Waals surface area (Å²) >= 11 is 0. The number of nitrogens with zero attached hydrogens (tertiary/aromatic N) is 5. The number of hydrogen-bond acceptors (Lipinski definition) is 7. The second-order valence-corrected chi connectivity index (χ2v) is 5.40. The molecule has 7 nitrogen and oxygen atoms in total. The molecule has 0 amide bonds. The number of hydrogen-bond donors (Lipinski definition) is 1. The molecule has 1 aromatic carbocycles. The van der Waals surface area contributed by atoms with Crippen molar-refractivity contribution in [2.45, 2.75) is 26.8 Å². The molecule has 0 saturated carbocycles. The van der Waals surface area contributed by atoms with E-state index < -0.39 is 0 Å². The van der Waals surface area contributed by atoms with E-state index in [0.717, 1.165) is 0 Å². The van der Waals surface area contributed by atoms with Gasteiger partial charge in [0, 0.05) is 11.6 Å². The fourth-order valence-corrected chi connectivity index (χ4v) is 2.09. The molecule has 1 N–H and O–H groups in total. The Morgan fingerprint density at radius 2 is 1.83 bits per heavy atom. The first kappa shape index (κ1) is 16.0. The molecule has 124 valence electrons. The van der Waals surface area contributed by atoms with Crippen LogP contribution in [0.3, 0.4) is 0 Å². The van der Waals surface area contributed by atoms with Crippen molar-refractivity contribution in [3.8, 4) is 17.3 Å². The van der Waals surface area contributed by atoms with E-state index in [2.05, 4.69) is 30.5 Å². The summed E-state index contributed by atoms with van der Waals surface area (Å²) in [7, 11) is 0. The molecule has 0 saturated heterocycles. The molecule has 0 bridgehead atoms. The average molecular weight is 328 g/mol. The van der Waals surface area contributed by atoms with Crippen molar-refractivity contribution in [1.82, 2.24) is 25.1 Å². The van der Waals surface area contributed by atoms with Crippen LogP contribution >= 0.6 is 0 Å². The second-order valence-electron chi connectivity index (χ2n) is 5.40. The minimum Gasteiger partial charge on any atom is -0.476 e. The molecule has 2 heterocycles. The summed E-state index contributed by atoms with van der Waals surface area (Å²) in [6, 6.07) is 6.04. The van der Waals surface area contributed by atoms with Crippen LogP contribution in [0.2, 0.25) is 0 Å². The van der Waals surface area contributed by atoms with E-state index in [4.69, 9.17) is 4.74 Å². The summed E-state index contributed by atoms with van der Waals surface area (Å²) in [6.45, 7) is 6.26. The van der Waals surface area contributed by atoms with E-state index in [0.29, 0.717) is 41.0 Å². The predicted molar refractivity (Wildman–Crippen MR) is 88.2 cm³/mol. The summed E-state index contributed by atoms with van der Waals surface area (Å²) in [6.07, 6.45) is 0. The normalized spacial score (nSPS) is 11.0. The lowest BCUT2D eigenvalue weighted by Gasteiger charge is -2.11. The van der Waals surface area contributed by atoms with Crippen molar-refractivity contribution >= 4 is 17.1 Å². The molecule has 24 heavy (non-hydrogen) atoms. The summed E-state index contributed by atoms with van der Waals surface area (Å²) in [5.74, 6) is 0.780. The second kappa shape index (κ2) is 6.69. The summed E-state index contributed by atoms with van der Waals surface area (Å²) < 4.78 is 18.6. The fourth-order valence-electron chi connectivity index (χ4n) is 2.09. The van der Waals surface area contributed by atoms with Crippen LogP contribution in [0.15, 0.2) is 24.3 Å². The maximum absolute atomic E-state index is 13.1. The Hall–Kier alpha value is -2.90. The van der Waals surface area contributed by atoms with Gasteiger partial charge in [-0.05, 0) is 45.0 Å². The molecular formula is C16H17FN6O. The van der Waals surface area contributed by atoms with Crippen molar-refractivity contribution < 1.29 is 9.13 Å². The molecule has 0 unspecified atom stereocenters. The molecule has 0 atom stereocenters. The molecular weight excluding hydrogens is 311 g/mol. The zero-order valence-electron chi connectivity index (χ0n) is 13.6. The van der Waals surface area contributed by atoms with Gasteiger partial charge in [-0.3, -0.25) is 0 Å². The molecule has 0 aliphatic carbocycles. The van der Waals surface area contributed by atoms with Crippen LogP contribution in [0.4, 0.5) is 10.3 Å². The Balaban J connectivity index is 2.10. The van der Waals surface area contributed by atoms with Crippen LogP contribution in [0, 0.1) is 5.82 Å². The molecule has 2 aromatic heterocycles. The first-order valence-electron chi connectivity index (χ1n) is 7.64. The number of fused-ring (bicyclic) bond motifs is 1. The monoisotopic (exact) mass is 328 g/mol. The van der Waals surface area contributed by atoms with E-state index >= 15 is 0 Å². The summed E-state index contributed by atoms with van der Waals surface area (Å²) in [5, 5.41) is 11.3. The van der Waals surface area contributed by atoms with Crippen LogP contribution in [0.5, 0.6) is 5.88 Å². The number of rotatable bonds is 5. The van der Waals surface area contributed by atoms with E-state index in [-0.39, 0.29) is 11.9 Å². The van der Waals surface area contributed by atoms with Gasteiger partial charge >= 0.3 is 0 Å². The third kappa shape index (κ3) is 3.37. The largest absolute Gasteiger partial charge is 0.476 e. The zero-order valence-corrected chi connectivity index (χ0v) is 13.6. The van der Waals surface area contributed by atoms with Gasteiger partial charge < -0.3 is 10.1 Å². The van der Waals surface area contributed by atoms with E-state index in [9.17, 15) is 4.39 Å². The number of anilines is 1. The zero-order chi connectivity index (χ0) is 17.1. The van der Waals surface area contributed by atoms with Gasteiger partial charge in [-0.1, -0.05) is 0 Å². The third-order valence-electron chi connectivity index (χ3n) is 3.09. The van der Waals surface area contributed by atoms with Crippen molar-refractivity contribution in [3.05, 3.63) is 30.1 Å². The van der Waals surface area contributed by atoms with Gasteiger partial charge in [0.2, 0.25) is 17.5 Å². The maximum Gasteiger partial charge on any atom is 0.247 e. The van der Waals surface area contributed by atoms with Crippen molar-refractivity contribution in [2.75, 3.05) is 11.9 Å². The highest BCUT2D eigenvalue weighted by molar-refractivity contribution is 5.78. The smallest absolute Gasteiger partial charge is 0.247 e. The lowest BCUT2D eigenvalue weighted by Crippen LogP contribution is -2.14. The number of halogens is 1. The first-order chi connectivity index (χ1) is 11.6. The Labute approximate surface area is 138 Å². The molecule has 8 heteroatoms. The maximum atomic E-state index is 13.1. The highest BCUT2D eigenvalue weighted by Gasteiger charge is 2.14. The van der Waals surface area contributed by atoms with Gasteiger partial charge in [0.05, 0.1) is 6.61 Å². The van der Waals surface area contributed by atoms with Gasteiger partial charge in [-0.2, -0.15) is 9.97 Å². The number of ether oxygens (including phenoxy) is 1. The van der Waals surface area contributed by atoms with Crippen LogP contribution in [-0.2, 0) is 0 Å². The number of nitrogens with one attached hydrogen (secondary N) is 1. The van der Waals surface area contributed by atoms with Crippen LogP contribution in [-0.4, -0.2) is 37.8 Å². The molecule has 0 aliphatic heterocycles. The Kier molecular flexibility index (Phi) is 4.45. The van der Waals surface area contributed by atoms with Gasteiger partial charge in [0.15, 0.2) is 11.3 Å². The van der Waals surface area contributed by atoms with Crippen molar-refractivity contribution in [3.63, 3.8) is 0 Å². The van der Waals surface area contributed by atoms with Gasteiger partial charge in [-0.15, -0.1) is 10.2 Å². The number of aromatic nitrogens is 5. The quantitative estimate of drug-likeness (QED) is 0.770. The Morgan fingerprint density at radius 3 is 2.50 bits per heavy atom. The van der Waals surface area contributed by atoms with Crippen LogP contribution < -0.4 is 10.1 Å². The van der Waals surface area contributed by atoms with Crippen LogP contribution in [0.1, 0.15) is 20.8 Å². The van der Waals surface area contributed by atoms with Crippen molar-refractivity contribution in [1.29, 1.82) is 0 Å². The van der Waals surface area contributed by atoms with Gasteiger partial charge in [0.25, 0.3) is 0 Å². The van der Waals surface area contributed by atoms with Crippen LogP contribution in [0.25, 0.3) is 22.6 Å². The molecule has 3 rings (SSSR count). The topological polar surface area (TPSA) is 85.7 Å². The Morgan fingerprint density at radius 1 is 1.08 bits per heavy atom. The molecule has 3 aromatic rings. The summed E-state index contributed by atoms with van der Waals surface area (Å²) in [4.78, 5) is 13.1. The highest BCUT2D eigenvalue weighted by Crippen LogP contribution is 2.23. The molecule has 0 radical (unpaired) electrons. The lowest BCUT2D eigenvalue weighted by molar-refractivity contribution is 0.330. The minimum atomic E-state index is -0.324. The van der Waals surface area contributed by atoms with Gasteiger partial charge in [0.1, 0.15) is 5.82 Å². The minimum absolute atomic E-state index is 0.163. The average Bonchev–Trinajstić information content (AvgIpc) is 2.55. The Bertz CT molecular complexity index is 853. The summed E-state index contributed by atoms with van der Waals surface area (Å²) in [5.41, 5.74) is 1.40. The molecule has 0 spiro atoms. The van der Waals surface area contributed by atoms with Gasteiger partial charge in [-0.25, -0.2) is 9.37 Å². The molecule has 0 aliphatic rings. The van der Waals surface area contributed by atoms with E-state index in [1.54, 1.807) is 12.1 Å².